The molecule has 2 aliphatic rings. The Bertz CT molecular complexity index is 1300. The summed E-state index contributed by atoms with van der Waals surface area (Å²) in [5.41, 5.74) is 3.51. The van der Waals surface area contributed by atoms with Crippen molar-refractivity contribution >= 4 is 11.8 Å². The van der Waals surface area contributed by atoms with Crippen LogP contribution in [0.4, 0.5) is 4.39 Å². The van der Waals surface area contributed by atoms with Gasteiger partial charge in [0.2, 0.25) is 11.8 Å². The summed E-state index contributed by atoms with van der Waals surface area (Å²) in [6.07, 6.45) is 3.16. The minimum atomic E-state index is -0.527. The molecule has 1 aliphatic carbocycles. The predicted octanol–water partition coefficient (Wildman–Crippen LogP) is 4.88. The summed E-state index contributed by atoms with van der Waals surface area (Å²) >= 11 is 0. The Morgan fingerprint density at radius 1 is 0.949 bits per heavy atom. The zero-order chi connectivity index (χ0) is 27.5. The van der Waals surface area contributed by atoms with Crippen LogP contribution in [-0.4, -0.2) is 42.9 Å². The monoisotopic (exact) mass is 527 g/mol. The van der Waals surface area contributed by atoms with Gasteiger partial charge in [-0.2, -0.15) is 0 Å². The molecule has 3 aromatic carbocycles. The van der Waals surface area contributed by atoms with Crippen LogP contribution >= 0.6 is 0 Å². The normalized spacial score (nSPS) is 22.2. The Morgan fingerprint density at radius 3 is 2.31 bits per heavy atom. The van der Waals surface area contributed by atoms with Crippen LogP contribution in [0.15, 0.2) is 78.9 Å². The molecule has 39 heavy (non-hydrogen) atoms. The summed E-state index contributed by atoms with van der Waals surface area (Å²) in [5, 5.41) is 6.45. The number of halogens is 1. The van der Waals surface area contributed by atoms with Crippen molar-refractivity contribution in [3.63, 3.8) is 0 Å². The highest BCUT2D eigenvalue weighted by Crippen LogP contribution is 2.55. The van der Waals surface area contributed by atoms with Gasteiger partial charge in [-0.25, -0.2) is 4.39 Å². The topological polar surface area (TPSA) is 61.4 Å². The first-order valence-corrected chi connectivity index (χ1v) is 14.0. The van der Waals surface area contributed by atoms with Gasteiger partial charge in [0.1, 0.15) is 5.82 Å². The molecular weight excluding hydrogens is 489 g/mol. The Hall–Kier alpha value is -3.51. The molecule has 2 fully saturated rings. The van der Waals surface area contributed by atoms with Crippen molar-refractivity contribution in [2.24, 2.45) is 5.92 Å². The number of rotatable bonds is 9. The van der Waals surface area contributed by atoms with Crippen molar-refractivity contribution in [1.82, 2.24) is 15.5 Å². The highest BCUT2D eigenvalue weighted by atomic mass is 19.1. The molecular formula is C33H38FN3O2. The Balaban J connectivity index is 1.26. The van der Waals surface area contributed by atoms with E-state index in [1.807, 2.05) is 24.3 Å². The predicted molar refractivity (Wildman–Crippen MR) is 152 cm³/mol. The van der Waals surface area contributed by atoms with Gasteiger partial charge in [0.05, 0.1) is 11.0 Å². The average molecular weight is 528 g/mol. The van der Waals surface area contributed by atoms with Crippen LogP contribution in [0.2, 0.25) is 0 Å². The third-order valence-corrected chi connectivity index (χ3v) is 8.59. The van der Waals surface area contributed by atoms with Crippen molar-refractivity contribution in [3.05, 3.63) is 107 Å². The van der Waals surface area contributed by atoms with E-state index in [0.29, 0.717) is 13.0 Å². The maximum atomic E-state index is 13.7. The summed E-state index contributed by atoms with van der Waals surface area (Å²) < 4.78 is 13.2. The first-order chi connectivity index (χ1) is 18.8. The number of likely N-dealkylation sites (tertiary alicyclic amines) is 1. The van der Waals surface area contributed by atoms with Crippen molar-refractivity contribution in [2.45, 2.75) is 50.5 Å². The van der Waals surface area contributed by atoms with Crippen LogP contribution in [0, 0.1) is 18.7 Å². The largest absolute Gasteiger partial charge is 0.355 e. The van der Waals surface area contributed by atoms with Gasteiger partial charge in [-0.3, -0.25) is 9.59 Å². The van der Waals surface area contributed by atoms with Gasteiger partial charge in [-0.15, -0.1) is 0 Å². The molecule has 1 saturated carbocycles. The standard InChI is InChI=1S/C33H38FN3O2/c1-24-7-6-10-28(21-24)33(31(39)35-18-15-26-11-13-30(34)14-12-26)22-29(33)23-37-19-16-32(17-20-37,36-25(2)38)27-8-4-3-5-9-27/h3-14,21,29H,15-20,22-23H2,1-2H3,(H,35,39)(H,36,38). The van der Waals surface area contributed by atoms with Crippen LogP contribution in [0.3, 0.4) is 0 Å². The van der Waals surface area contributed by atoms with Gasteiger partial charge in [0.15, 0.2) is 0 Å². The maximum absolute atomic E-state index is 13.7. The summed E-state index contributed by atoms with van der Waals surface area (Å²) in [4.78, 5) is 28.3. The van der Waals surface area contributed by atoms with Crippen molar-refractivity contribution < 1.29 is 14.0 Å². The van der Waals surface area contributed by atoms with Crippen molar-refractivity contribution in [1.29, 1.82) is 0 Å². The summed E-state index contributed by atoms with van der Waals surface area (Å²) in [7, 11) is 0. The number of benzene rings is 3. The van der Waals surface area contributed by atoms with Crippen molar-refractivity contribution in [3.8, 4) is 0 Å². The quantitative estimate of drug-likeness (QED) is 0.417. The molecule has 5 nitrogen and oxygen atoms in total. The molecule has 2 atom stereocenters. The molecule has 0 radical (unpaired) electrons. The molecule has 1 heterocycles. The molecule has 204 valence electrons. The lowest BCUT2D eigenvalue weighted by atomic mass is 9.80. The number of hydrogen-bond acceptors (Lipinski definition) is 3. The first-order valence-electron chi connectivity index (χ1n) is 14.0. The van der Waals surface area contributed by atoms with E-state index in [0.717, 1.165) is 61.2 Å². The highest BCUT2D eigenvalue weighted by Gasteiger charge is 2.61. The number of carbonyl (C=O) groups excluding carboxylic acids is 2. The van der Waals surface area contributed by atoms with E-state index in [9.17, 15) is 14.0 Å². The van der Waals surface area contributed by atoms with Crippen molar-refractivity contribution in [2.75, 3.05) is 26.2 Å². The molecule has 0 bridgehead atoms. The van der Waals surface area contributed by atoms with Gasteiger partial charge in [-0.1, -0.05) is 72.3 Å². The average Bonchev–Trinajstić information content (AvgIpc) is 3.66. The fourth-order valence-corrected chi connectivity index (χ4v) is 6.37. The van der Waals surface area contributed by atoms with E-state index in [4.69, 9.17) is 0 Å². The fourth-order valence-electron chi connectivity index (χ4n) is 6.37. The third kappa shape index (κ3) is 5.91. The van der Waals surface area contributed by atoms with Crippen LogP contribution < -0.4 is 10.6 Å². The molecule has 3 aromatic rings. The summed E-state index contributed by atoms with van der Waals surface area (Å²) in [6, 6.07) is 25.0. The second-order valence-electron chi connectivity index (χ2n) is 11.3. The van der Waals surface area contributed by atoms with Gasteiger partial charge < -0.3 is 15.5 Å². The lowest BCUT2D eigenvalue weighted by Crippen LogP contribution is -2.53. The van der Waals surface area contributed by atoms with Crippen LogP contribution in [-0.2, 0) is 27.0 Å². The van der Waals surface area contributed by atoms with E-state index in [1.165, 1.54) is 12.1 Å². The number of nitrogens with one attached hydrogen (secondary N) is 2. The Labute approximate surface area is 230 Å². The molecule has 0 aromatic heterocycles. The minimum Gasteiger partial charge on any atom is -0.355 e. The molecule has 0 spiro atoms. The SMILES string of the molecule is CC(=O)NC1(c2ccccc2)CCN(CC2CC2(C(=O)NCCc2ccc(F)cc2)c2cccc(C)c2)CC1. The molecule has 2 unspecified atom stereocenters. The number of piperidine rings is 1. The zero-order valence-electron chi connectivity index (χ0n) is 22.9. The molecule has 2 N–H and O–H groups in total. The van der Waals surface area contributed by atoms with Crippen LogP contribution in [0.5, 0.6) is 0 Å². The van der Waals surface area contributed by atoms with Gasteiger partial charge in [-0.05, 0) is 67.3 Å². The minimum absolute atomic E-state index is 0.00901. The maximum Gasteiger partial charge on any atom is 0.231 e. The Kier molecular flexibility index (Phi) is 7.85. The first kappa shape index (κ1) is 27.1. The smallest absolute Gasteiger partial charge is 0.231 e. The van der Waals surface area contributed by atoms with Gasteiger partial charge in [0, 0.05) is 33.1 Å². The summed E-state index contributed by atoms with van der Waals surface area (Å²) in [6.45, 7) is 6.75. The number of aryl methyl sites for hydroxylation is 1. The van der Waals surface area contributed by atoms with E-state index in [-0.39, 0.29) is 29.1 Å². The molecule has 1 saturated heterocycles. The van der Waals surface area contributed by atoms with E-state index in [2.05, 4.69) is 52.8 Å². The second-order valence-corrected chi connectivity index (χ2v) is 11.3. The van der Waals surface area contributed by atoms with Crippen LogP contribution in [0.25, 0.3) is 0 Å². The van der Waals surface area contributed by atoms with Gasteiger partial charge >= 0.3 is 0 Å². The second kappa shape index (κ2) is 11.3. The Morgan fingerprint density at radius 2 is 1.64 bits per heavy atom. The number of carbonyl (C=O) groups is 2. The van der Waals surface area contributed by atoms with Gasteiger partial charge in [0.25, 0.3) is 0 Å². The summed E-state index contributed by atoms with van der Waals surface area (Å²) in [5.74, 6) is 0.0484. The zero-order valence-corrected chi connectivity index (χ0v) is 22.9. The van der Waals surface area contributed by atoms with Crippen LogP contribution in [0.1, 0.15) is 48.4 Å². The van der Waals surface area contributed by atoms with E-state index >= 15 is 0 Å². The number of hydrogen-bond donors (Lipinski definition) is 2. The number of amides is 2. The lowest BCUT2D eigenvalue weighted by Gasteiger charge is -2.43. The molecule has 5 rings (SSSR count). The number of nitrogens with zero attached hydrogens (tertiary/aromatic N) is 1. The van der Waals surface area contributed by atoms with E-state index < -0.39 is 5.41 Å². The fraction of sp³-hybridized carbons (Fsp3) is 0.394. The molecule has 6 heteroatoms. The highest BCUT2D eigenvalue weighted by molar-refractivity contribution is 5.92. The molecule has 2 amide bonds. The van der Waals surface area contributed by atoms with E-state index in [1.54, 1.807) is 19.1 Å². The lowest BCUT2D eigenvalue weighted by molar-refractivity contribution is -0.124. The molecule has 1 aliphatic heterocycles. The third-order valence-electron chi connectivity index (χ3n) is 8.59.